The van der Waals surface area contributed by atoms with E-state index in [-0.39, 0.29) is 6.04 Å². The molecule has 108 valence electrons. The van der Waals surface area contributed by atoms with Gasteiger partial charge in [0.1, 0.15) is 5.76 Å². The van der Waals surface area contributed by atoms with Gasteiger partial charge in [0.05, 0.1) is 26.5 Å². The van der Waals surface area contributed by atoms with Gasteiger partial charge in [0.25, 0.3) is 0 Å². The van der Waals surface area contributed by atoms with Gasteiger partial charge >= 0.3 is 0 Å². The Bertz CT molecular complexity index is 595. The Labute approximate surface area is 123 Å². The molecule has 0 amide bonds. The average molecular weight is 296 g/mol. The first kappa shape index (κ1) is 14.8. The van der Waals surface area contributed by atoms with Crippen molar-refractivity contribution < 1.29 is 13.9 Å². The maximum absolute atomic E-state index is 6.36. The molecule has 0 aliphatic rings. The summed E-state index contributed by atoms with van der Waals surface area (Å²) < 4.78 is 16.0. The molecule has 1 aromatic heterocycles. The van der Waals surface area contributed by atoms with Gasteiger partial charge in [0.15, 0.2) is 11.5 Å². The van der Waals surface area contributed by atoms with Crippen LogP contribution in [0.5, 0.6) is 11.5 Å². The fourth-order valence-electron chi connectivity index (χ4n) is 2.21. The number of methoxy groups -OCH3 is 2. The minimum absolute atomic E-state index is 0.0697. The minimum atomic E-state index is -0.0697. The number of hydrogen-bond donors (Lipinski definition) is 1. The van der Waals surface area contributed by atoms with Gasteiger partial charge < -0.3 is 19.2 Å². The van der Waals surface area contributed by atoms with Crippen LogP contribution in [0.25, 0.3) is 0 Å². The molecule has 2 rings (SSSR count). The first-order chi connectivity index (χ1) is 9.60. The van der Waals surface area contributed by atoms with Gasteiger partial charge in [0.2, 0.25) is 0 Å². The summed E-state index contributed by atoms with van der Waals surface area (Å²) in [4.78, 5) is 0. The molecule has 1 unspecified atom stereocenters. The van der Waals surface area contributed by atoms with Crippen LogP contribution in [-0.4, -0.2) is 21.3 Å². The van der Waals surface area contributed by atoms with Crippen LogP contribution in [0.2, 0.25) is 5.02 Å². The van der Waals surface area contributed by atoms with Crippen molar-refractivity contribution in [3.8, 4) is 11.5 Å². The molecule has 20 heavy (non-hydrogen) atoms. The van der Waals surface area contributed by atoms with E-state index in [1.807, 2.05) is 26.1 Å². The maximum Gasteiger partial charge on any atom is 0.162 e. The topological polar surface area (TPSA) is 43.6 Å². The standard InChI is InChI=1S/C15H18ClNO3/c1-9-5-10(8-20-9)15(17-2)11-6-13(18-3)14(19-4)7-12(11)16/h5-8,15,17H,1-4H3. The number of halogens is 1. The zero-order chi connectivity index (χ0) is 14.7. The van der Waals surface area contributed by atoms with Crippen LogP contribution in [0, 0.1) is 6.92 Å². The van der Waals surface area contributed by atoms with E-state index in [0.717, 1.165) is 16.9 Å². The lowest BCUT2D eigenvalue weighted by atomic mass is 10.0. The zero-order valence-electron chi connectivity index (χ0n) is 12.0. The van der Waals surface area contributed by atoms with E-state index < -0.39 is 0 Å². The van der Waals surface area contributed by atoms with Crippen molar-refractivity contribution in [1.82, 2.24) is 5.32 Å². The molecular formula is C15H18ClNO3. The first-order valence-electron chi connectivity index (χ1n) is 6.24. The number of aryl methyl sites for hydroxylation is 1. The van der Waals surface area contributed by atoms with E-state index in [1.54, 1.807) is 26.5 Å². The molecule has 0 saturated heterocycles. The smallest absolute Gasteiger partial charge is 0.162 e. The summed E-state index contributed by atoms with van der Waals surface area (Å²) in [6.45, 7) is 1.91. The van der Waals surface area contributed by atoms with Crippen molar-refractivity contribution >= 4 is 11.6 Å². The van der Waals surface area contributed by atoms with Crippen LogP contribution in [-0.2, 0) is 0 Å². The monoisotopic (exact) mass is 295 g/mol. The number of ether oxygens (including phenoxy) is 2. The Morgan fingerprint density at radius 1 is 1.15 bits per heavy atom. The Morgan fingerprint density at radius 2 is 1.80 bits per heavy atom. The largest absolute Gasteiger partial charge is 0.493 e. The van der Waals surface area contributed by atoms with E-state index in [2.05, 4.69) is 5.32 Å². The highest BCUT2D eigenvalue weighted by Gasteiger charge is 2.20. The number of nitrogens with one attached hydrogen (secondary N) is 1. The lowest BCUT2D eigenvalue weighted by Crippen LogP contribution is -2.17. The third-order valence-electron chi connectivity index (χ3n) is 3.19. The number of benzene rings is 1. The summed E-state index contributed by atoms with van der Waals surface area (Å²) in [7, 11) is 5.06. The molecular weight excluding hydrogens is 278 g/mol. The Morgan fingerprint density at radius 3 is 2.30 bits per heavy atom. The third-order valence-corrected chi connectivity index (χ3v) is 3.51. The van der Waals surface area contributed by atoms with Gasteiger partial charge in [-0.2, -0.15) is 0 Å². The first-order valence-corrected chi connectivity index (χ1v) is 6.62. The highest BCUT2D eigenvalue weighted by Crippen LogP contribution is 2.37. The van der Waals surface area contributed by atoms with Crippen molar-refractivity contribution in [3.05, 3.63) is 46.4 Å². The minimum Gasteiger partial charge on any atom is -0.493 e. The van der Waals surface area contributed by atoms with Gasteiger partial charge in [-0.15, -0.1) is 0 Å². The van der Waals surface area contributed by atoms with Crippen LogP contribution >= 0.6 is 11.6 Å². The van der Waals surface area contributed by atoms with Crippen molar-refractivity contribution in [2.45, 2.75) is 13.0 Å². The summed E-state index contributed by atoms with van der Waals surface area (Å²) >= 11 is 6.36. The molecule has 2 aromatic rings. The van der Waals surface area contributed by atoms with E-state index in [4.69, 9.17) is 25.5 Å². The second-order valence-electron chi connectivity index (χ2n) is 4.44. The summed E-state index contributed by atoms with van der Waals surface area (Å²) in [5.74, 6) is 2.11. The van der Waals surface area contributed by atoms with Gasteiger partial charge in [-0.25, -0.2) is 0 Å². The molecule has 0 bridgehead atoms. The lowest BCUT2D eigenvalue weighted by Gasteiger charge is -2.19. The predicted octanol–water partition coefficient (Wildman–Crippen LogP) is 3.57. The van der Waals surface area contributed by atoms with Gasteiger partial charge in [-0.3, -0.25) is 0 Å². The lowest BCUT2D eigenvalue weighted by molar-refractivity contribution is 0.354. The quantitative estimate of drug-likeness (QED) is 0.916. The van der Waals surface area contributed by atoms with Crippen LogP contribution in [0.3, 0.4) is 0 Å². The fourth-order valence-corrected chi connectivity index (χ4v) is 2.47. The van der Waals surface area contributed by atoms with E-state index in [0.29, 0.717) is 16.5 Å². The van der Waals surface area contributed by atoms with Crippen molar-refractivity contribution in [3.63, 3.8) is 0 Å². The summed E-state index contributed by atoms with van der Waals surface area (Å²) in [5.41, 5.74) is 1.92. The Balaban J connectivity index is 2.49. The van der Waals surface area contributed by atoms with Crippen molar-refractivity contribution in [1.29, 1.82) is 0 Å². The van der Waals surface area contributed by atoms with E-state index >= 15 is 0 Å². The molecule has 0 radical (unpaired) electrons. The van der Waals surface area contributed by atoms with Crippen LogP contribution in [0.1, 0.15) is 22.9 Å². The highest BCUT2D eigenvalue weighted by molar-refractivity contribution is 6.31. The van der Waals surface area contributed by atoms with Crippen LogP contribution in [0.15, 0.2) is 28.9 Å². The van der Waals surface area contributed by atoms with Crippen molar-refractivity contribution in [2.24, 2.45) is 0 Å². The highest BCUT2D eigenvalue weighted by atomic mass is 35.5. The van der Waals surface area contributed by atoms with Gasteiger partial charge in [0, 0.05) is 16.7 Å². The number of hydrogen-bond acceptors (Lipinski definition) is 4. The molecule has 5 heteroatoms. The second-order valence-corrected chi connectivity index (χ2v) is 4.85. The van der Waals surface area contributed by atoms with Gasteiger partial charge in [-0.05, 0) is 31.7 Å². The number of furan rings is 1. The van der Waals surface area contributed by atoms with Crippen LogP contribution in [0.4, 0.5) is 0 Å². The summed E-state index contributed by atoms with van der Waals surface area (Å²) in [6.07, 6.45) is 1.73. The SMILES string of the molecule is CNC(c1coc(C)c1)c1cc(OC)c(OC)cc1Cl. The van der Waals surface area contributed by atoms with E-state index in [9.17, 15) is 0 Å². The zero-order valence-corrected chi connectivity index (χ0v) is 12.7. The average Bonchev–Trinajstić information content (AvgIpc) is 2.87. The van der Waals surface area contributed by atoms with Gasteiger partial charge in [-0.1, -0.05) is 11.6 Å². The molecule has 1 atom stereocenters. The van der Waals surface area contributed by atoms with Crippen LogP contribution < -0.4 is 14.8 Å². The Hall–Kier alpha value is -1.65. The van der Waals surface area contributed by atoms with Crippen molar-refractivity contribution in [2.75, 3.05) is 21.3 Å². The summed E-state index contributed by atoms with van der Waals surface area (Å²) in [6, 6.07) is 5.55. The molecule has 0 fully saturated rings. The normalized spacial score (nSPS) is 12.2. The molecule has 1 aromatic carbocycles. The third kappa shape index (κ3) is 2.76. The molecule has 0 spiro atoms. The second kappa shape index (κ2) is 6.20. The molecule has 1 N–H and O–H groups in total. The molecule has 1 heterocycles. The molecule has 0 saturated carbocycles. The maximum atomic E-state index is 6.36. The molecule has 4 nitrogen and oxygen atoms in total. The molecule has 0 aliphatic heterocycles. The predicted molar refractivity (Wildman–Crippen MR) is 78.9 cm³/mol. The summed E-state index contributed by atoms with van der Waals surface area (Å²) in [5, 5.41) is 3.85. The molecule has 0 aliphatic carbocycles. The fraction of sp³-hybridized carbons (Fsp3) is 0.333. The van der Waals surface area contributed by atoms with E-state index in [1.165, 1.54) is 0 Å². The Kier molecular flexibility index (Phi) is 4.57. The number of rotatable bonds is 5.